The first-order chi connectivity index (χ1) is 13.2. The van der Waals surface area contributed by atoms with E-state index in [2.05, 4.69) is 11.4 Å². The molecule has 0 aromatic heterocycles. The second-order valence-corrected chi connectivity index (χ2v) is 6.97. The third-order valence-corrected chi connectivity index (χ3v) is 5.06. The number of aryl methyl sites for hydroxylation is 1. The Morgan fingerprint density at radius 2 is 2.26 bits per heavy atom. The second kappa shape index (κ2) is 9.48. The molecule has 2 aliphatic heterocycles. The fourth-order valence-electron chi connectivity index (χ4n) is 3.48. The van der Waals surface area contributed by atoms with Crippen molar-refractivity contribution in [1.82, 2.24) is 15.1 Å². The van der Waals surface area contributed by atoms with Gasteiger partial charge in [0.15, 0.2) is 0 Å². The van der Waals surface area contributed by atoms with Crippen LogP contribution in [0.5, 0.6) is 5.75 Å². The number of nitrogens with one attached hydrogen (secondary N) is 1. The van der Waals surface area contributed by atoms with Crippen molar-refractivity contribution in [2.24, 2.45) is 0 Å². The molecule has 1 fully saturated rings. The summed E-state index contributed by atoms with van der Waals surface area (Å²) in [5.74, 6) is 0.886. The Labute approximate surface area is 160 Å². The molecule has 0 saturated carbocycles. The van der Waals surface area contributed by atoms with E-state index in [1.54, 1.807) is 9.80 Å². The molecule has 0 aliphatic carbocycles. The van der Waals surface area contributed by atoms with Gasteiger partial charge in [0.05, 0.1) is 0 Å². The predicted octanol–water partition coefficient (Wildman–Crippen LogP) is 2.64. The van der Waals surface area contributed by atoms with Crippen LogP contribution >= 0.6 is 0 Å². The molecular weight excluding hydrogens is 346 g/mol. The molecule has 1 aromatic rings. The number of hydrogen-bond acceptors (Lipinski definition) is 4. The van der Waals surface area contributed by atoms with Crippen LogP contribution in [0.4, 0.5) is 9.59 Å². The van der Waals surface area contributed by atoms with Crippen molar-refractivity contribution in [3.63, 3.8) is 0 Å². The lowest BCUT2D eigenvalue weighted by atomic mass is 10.0. The number of para-hydroxylation sites is 1. The lowest BCUT2D eigenvalue weighted by molar-refractivity contribution is 0.0503. The number of urea groups is 1. The molecule has 0 radical (unpaired) electrons. The van der Waals surface area contributed by atoms with Gasteiger partial charge in [0.1, 0.15) is 18.5 Å². The molecule has 1 aromatic carbocycles. The minimum Gasteiger partial charge on any atom is -0.487 e. The molecule has 0 spiro atoms. The van der Waals surface area contributed by atoms with E-state index in [0.29, 0.717) is 19.6 Å². The zero-order chi connectivity index (χ0) is 19.1. The maximum Gasteiger partial charge on any atom is 0.409 e. The van der Waals surface area contributed by atoms with Crippen molar-refractivity contribution in [1.29, 1.82) is 0 Å². The van der Waals surface area contributed by atoms with E-state index in [1.807, 2.05) is 25.1 Å². The van der Waals surface area contributed by atoms with E-state index in [-0.39, 0.29) is 24.8 Å². The topological polar surface area (TPSA) is 71.1 Å². The number of benzene rings is 1. The summed E-state index contributed by atoms with van der Waals surface area (Å²) in [6, 6.07) is 7.97. The molecule has 2 aliphatic rings. The van der Waals surface area contributed by atoms with Crippen LogP contribution in [0.15, 0.2) is 24.3 Å². The molecule has 1 N–H and O–H groups in total. The average molecular weight is 375 g/mol. The van der Waals surface area contributed by atoms with Gasteiger partial charge in [-0.25, -0.2) is 9.59 Å². The van der Waals surface area contributed by atoms with Gasteiger partial charge in [-0.2, -0.15) is 0 Å². The van der Waals surface area contributed by atoms with Gasteiger partial charge in [0.25, 0.3) is 0 Å². The first-order valence-electron chi connectivity index (χ1n) is 9.86. The highest BCUT2D eigenvalue weighted by Crippen LogP contribution is 2.27. The molecule has 2 heterocycles. The Kier molecular flexibility index (Phi) is 6.79. The first-order valence-corrected chi connectivity index (χ1v) is 9.86. The van der Waals surface area contributed by atoms with Crippen LogP contribution in [0.1, 0.15) is 31.7 Å². The van der Waals surface area contributed by atoms with Gasteiger partial charge >= 0.3 is 12.1 Å². The predicted molar refractivity (Wildman–Crippen MR) is 102 cm³/mol. The molecule has 0 bridgehead atoms. The molecule has 1 saturated heterocycles. The number of carbonyl (C=O) groups is 2. The number of hydrogen-bond donors (Lipinski definition) is 1. The molecule has 3 amide bonds. The van der Waals surface area contributed by atoms with E-state index in [9.17, 15) is 9.59 Å². The highest BCUT2D eigenvalue weighted by molar-refractivity contribution is 5.74. The SMILES string of the molecule is CCN(CCCN1CCCNC1=O)C(=O)OC[C@H]1CCc2ccccc2O1. The van der Waals surface area contributed by atoms with Crippen molar-refractivity contribution in [2.75, 3.05) is 39.3 Å². The van der Waals surface area contributed by atoms with Gasteiger partial charge in [-0.1, -0.05) is 18.2 Å². The summed E-state index contributed by atoms with van der Waals surface area (Å²) in [5.41, 5.74) is 1.21. The lowest BCUT2D eigenvalue weighted by Gasteiger charge is -2.29. The highest BCUT2D eigenvalue weighted by Gasteiger charge is 2.23. The number of fused-ring (bicyclic) bond motifs is 1. The highest BCUT2D eigenvalue weighted by atomic mass is 16.6. The number of carbonyl (C=O) groups excluding carboxylic acids is 2. The van der Waals surface area contributed by atoms with Crippen LogP contribution in [-0.2, 0) is 11.2 Å². The van der Waals surface area contributed by atoms with Crippen molar-refractivity contribution in [3.8, 4) is 5.75 Å². The van der Waals surface area contributed by atoms with Crippen molar-refractivity contribution < 1.29 is 19.1 Å². The number of ether oxygens (including phenoxy) is 2. The van der Waals surface area contributed by atoms with Gasteiger partial charge < -0.3 is 24.6 Å². The van der Waals surface area contributed by atoms with Gasteiger partial charge in [0, 0.05) is 32.7 Å². The zero-order valence-electron chi connectivity index (χ0n) is 16.0. The summed E-state index contributed by atoms with van der Waals surface area (Å²) in [6.45, 7) is 5.53. The third kappa shape index (κ3) is 5.28. The molecule has 7 nitrogen and oxygen atoms in total. The number of rotatable bonds is 7. The summed E-state index contributed by atoms with van der Waals surface area (Å²) < 4.78 is 11.4. The van der Waals surface area contributed by atoms with Crippen LogP contribution in [0, 0.1) is 0 Å². The summed E-state index contributed by atoms with van der Waals surface area (Å²) in [7, 11) is 0. The largest absolute Gasteiger partial charge is 0.487 e. The third-order valence-electron chi connectivity index (χ3n) is 5.06. The van der Waals surface area contributed by atoms with Gasteiger partial charge in [-0.15, -0.1) is 0 Å². The van der Waals surface area contributed by atoms with E-state index < -0.39 is 0 Å². The fourth-order valence-corrected chi connectivity index (χ4v) is 3.48. The second-order valence-electron chi connectivity index (χ2n) is 6.97. The molecule has 7 heteroatoms. The van der Waals surface area contributed by atoms with E-state index >= 15 is 0 Å². The number of amides is 3. The maximum absolute atomic E-state index is 12.4. The molecule has 3 rings (SSSR count). The van der Waals surface area contributed by atoms with Gasteiger partial charge in [-0.05, 0) is 44.2 Å². The molecule has 0 unspecified atom stereocenters. The lowest BCUT2D eigenvalue weighted by Crippen LogP contribution is -2.47. The first kappa shape index (κ1) is 19.3. The smallest absolute Gasteiger partial charge is 0.409 e. The summed E-state index contributed by atoms with van der Waals surface area (Å²) in [4.78, 5) is 27.6. The Morgan fingerprint density at radius 3 is 3.07 bits per heavy atom. The Bertz CT molecular complexity index is 652. The summed E-state index contributed by atoms with van der Waals surface area (Å²) in [6.07, 6.45) is 3.08. The van der Waals surface area contributed by atoms with Crippen molar-refractivity contribution in [3.05, 3.63) is 29.8 Å². The van der Waals surface area contributed by atoms with Gasteiger partial charge in [-0.3, -0.25) is 0 Å². The van der Waals surface area contributed by atoms with E-state index in [1.165, 1.54) is 5.56 Å². The van der Waals surface area contributed by atoms with Crippen molar-refractivity contribution in [2.45, 2.75) is 38.7 Å². The quantitative estimate of drug-likeness (QED) is 0.795. The normalized spacial score (nSPS) is 18.9. The number of nitrogens with zero attached hydrogens (tertiary/aromatic N) is 2. The summed E-state index contributed by atoms with van der Waals surface area (Å²) in [5, 5.41) is 2.84. The van der Waals surface area contributed by atoms with Crippen LogP contribution in [-0.4, -0.2) is 67.4 Å². The van der Waals surface area contributed by atoms with Crippen LogP contribution < -0.4 is 10.1 Å². The maximum atomic E-state index is 12.4. The monoisotopic (exact) mass is 375 g/mol. The Balaban J connectivity index is 1.39. The minimum absolute atomic E-state index is 0.0124. The fraction of sp³-hybridized carbons (Fsp3) is 0.600. The summed E-state index contributed by atoms with van der Waals surface area (Å²) >= 11 is 0. The zero-order valence-corrected chi connectivity index (χ0v) is 16.0. The molecule has 148 valence electrons. The van der Waals surface area contributed by atoms with Crippen LogP contribution in [0.3, 0.4) is 0 Å². The Hall–Kier alpha value is -2.44. The van der Waals surface area contributed by atoms with Gasteiger partial charge in [0.2, 0.25) is 0 Å². The van der Waals surface area contributed by atoms with Crippen LogP contribution in [0.25, 0.3) is 0 Å². The molecule has 27 heavy (non-hydrogen) atoms. The molecule has 1 atom stereocenters. The minimum atomic E-state index is -0.317. The molecular formula is C20H29N3O4. The van der Waals surface area contributed by atoms with E-state index in [4.69, 9.17) is 9.47 Å². The van der Waals surface area contributed by atoms with Crippen molar-refractivity contribution >= 4 is 12.1 Å². The average Bonchev–Trinajstić information content (AvgIpc) is 2.70. The van der Waals surface area contributed by atoms with E-state index in [0.717, 1.165) is 44.5 Å². The Morgan fingerprint density at radius 1 is 1.41 bits per heavy atom. The standard InChI is InChI=1S/C20H29N3O4/c1-2-22(13-6-14-23-12-5-11-21-19(23)24)20(25)26-15-17-10-9-16-7-3-4-8-18(16)27-17/h3-4,7-8,17H,2,5-6,9-15H2,1H3,(H,21,24)/t17-/m1/s1. The van der Waals surface area contributed by atoms with Crippen LogP contribution in [0.2, 0.25) is 0 Å².